The third-order valence-corrected chi connectivity index (χ3v) is 5.86. The lowest BCUT2D eigenvalue weighted by atomic mass is 9.77. The molecule has 0 fully saturated rings. The van der Waals surface area contributed by atoms with Gasteiger partial charge in [-0.25, -0.2) is 4.79 Å². The van der Waals surface area contributed by atoms with E-state index in [-0.39, 0.29) is 33.9 Å². The normalized spacial score (nSPS) is 18.3. The Bertz CT molecular complexity index is 1310. The molecule has 2 N–H and O–H groups in total. The van der Waals surface area contributed by atoms with Crippen LogP contribution in [0, 0.1) is 10.1 Å². The molecule has 0 saturated heterocycles. The Morgan fingerprint density at radius 3 is 2.50 bits per heavy atom. The van der Waals surface area contributed by atoms with Crippen molar-refractivity contribution in [3.05, 3.63) is 84.9 Å². The highest BCUT2D eigenvalue weighted by Gasteiger charge is 2.58. The predicted molar refractivity (Wildman–Crippen MR) is 105 cm³/mol. The Kier molecular flexibility index (Phi) is 3.71. The van der Waals surface area contributed by atoms with Crippen LogP contribution in [0.25, 0.3) is 0 Å². The molecule has 2 aliphatic rings. The Labute approximate surface area is 178 Å². The Morgan fingerprint density at radius 2 is 1.77 bits per heavy atom. The topological polar surface area (TPSA) is 119 Å². The summed E-state index contributed by atoms with van der Waals surface area (Å²) >= 11 is 12.3. The molecule has 1 spiro atoms. The first-order chi connectivity index (χ1) is 14.3. The molecule has 30 heavy (non-hydrogen) atoms. The van der Waals surface area contributed by atoms with Crippen LogP contribution in [0.1, 0.15) is 27.0 Å². The van der Waals surface area contributed by atoms with Crippen LogP contribution in [0.15, 0.2) is 42.5 Å². The number of ether oxygens (including phenoxy) is 2. The number of carbonyl (C=O) groups excluding carboxylic acids is 1. The van der Waals surface area contributed by atoms with E-state index in [1.165, 1.54) is 24.3 Å². The smallest absolute Gasteiger partial charge is 0.340 e. The van der Waals surface area contributed by atoms with Crippen molar-refractivity contribution in [2.75, 3.05) is 0 Å². The van der Waals surface area contributed by atoms with Crippen molar-refractivity contribution in [1.82, 2.24) is 0 Å². The first-order valence-corrected chi connectivity index (χ1v) is 9.26. The molecule has 0 amide bonds. The molecule has 150 valence electrons. The number of hydrogen-bond acceptors (Lipinski definition) is 7. The monoisotopic (exact) mass is 445 g/mol. The van der Waals surface area contributed by atoms with Crippen LogP contribution in [0.5, 0.6) is 23.0 Å². The van der Waals surface area contributed by atoms with Crippen molar-refractivity contribution in [2.24, 2.45) is 0 Å². The van der Waals surface area contributed by atoms with Gasteiger partial charge in [-0.3, -0.25) is 10.1 Å². The SMILES string of the molecule is O=C1OC2(c3ccc(O)cc3Oc3c(Cl)c(O)c(Cl)c([N+](=O)[O-])c32)c2ccccc21. The van der Waals surface area contributed by atoms with Crippen LogP contribution in [0.4, 0.5) is 5.69 Å². The molecule has 2 aliphatic heterocycles. The summed E-state index contributed by atoms with van der Waals surface area (Å²) in [5, 5.41) is 31.2. The van der Waals surface area contributed by atoms with Crippen molar-refractivity contribution in [3.63, 3.8) is 0 Å². The summed E-state index contributed by atoms with van der Waals surface area (Å²) in [5.41, 5.74) is -2.03. The van der Waals surface area contributed by atoms with E-state index in [4.69, 9.17) is 32.7 Å². The number of halogens is 2. The second kappa shape index (κ2) is 6.01. The van der Waals surface area contributed by atoms with Gasteiger partial charge in [0, 0.05) is 17.2 Å². The molecule has 1 unspecified atom stereocenters. The molecule has 0 radical (unpaired) electrons. The molecule has 0 aromatic heterocycles. The lowest BCUT2D eigenvalue weighted by Crippen LogP contribution is -2.34. The quantitative estimate of drug-likeness (QED) is 0.311. The highest BCUT2D eigenvalue weighted by atomic mass is 35.5. The first kappa shape index (κ1) is 18.5. The number of nitro groups is 1. The number of nitro benzene ring substituents is 1. The summed E-state index contributed by atoms with van der Waals surface area (Å²) in [6.45, 7) is 0. The third kappa shape index (κ3) is 2.14. The van der Waals surface area contributed by atoms with Gasteiger partial charge in [-0.05, 0) is 18.2 Å². The molecule has 5 rings (SSSR count). The number of esters is 1. The molecular formula is C20H9Cl2NO7. The Balaban J connectivity index is 2.02. The molecular weight excluding hydrogens is 437 g/mol. The number of phenols is 2. The van der Waals surface area contributed by atoms with Crippen molar-refractivity contribution in [1.29, 1.82) is 0 Å². The number of fused-ring (bicyclic) bond motifs is 6. The van der Waals surface area contributed by atoms with Gasteiger partial charge in [0.05, 0.1) is 10.5 Å². The summed E-state index contributed by atoms with van der Waals surface area (Å²) in [7, 11) is 0. The van der Waals surface area contributed by atoms with Gasteiger partial charge in [0.15, 0.2) is 16.5 Å². The predicted octanol–water partition coefficient (Wildman–Crippen LogP) is 4.88. The van der Waals surface area contributed by atoms with Gasteiger partial charge < -0.3 is 19.7 Å². The molecule has 8 nitrogen and oxygen atoms in total. The summed E-state index contributed by atoms with van der Waals surface area (Å²) < 4.78 is 11.5. The molecule has 0 saturated carbocycles. The number of aromatic hydroxyl groups is 2. The van der Waals surface area contributed by atoms with Gasteiger partial charge in [0.1, 0.15) is 22.1 Å². The Morgan fingerprint density at radius 1 is 1.03 bits per heavy atom. The van der Waals surface area contributed by atoms with Gasteiger partial charge >= 0.3 is 11.7 Å². The van der Waals surface area contributed by atoms with E-state index >= 15 is 0 Å². The zero-order valence-corrected chi connectivity index (χ0v) is 16.2. The average Bonchev–Trinajstić information content (AvgIpc) is 3.00. The minimum atomic E-state index is -1.83. The molecule has 1 atom stereocenters. The molecule has 10 heteroatoms. The van der Waals surface area contributed by atoms with Crippen molar-refractivity contribution < 1.29 is 29.4 Å². The summed E-state index contributed by atoms with van der Waals surface area (Å²) in [4.78, 5) is 23.9. The number of benzene rings is 3. The van der Waals surface area contributed by atoms with Crippen molar-refractivity contribution in [2.45, 2.75) is 5.60 Å². The number of carbonyl (C=O) groups is 1. The van der Waals surface area contributed by atoms with Gasteiger partial charge in [-0.2, -0.15) is 0 Å². The first-order valence-electron chi connectivity index (χ1n) is 8.50. The highest BCUT2D eigenvalue weighted by Crippen LogP contribution is 2.63. The van der Waals surface area contributed by atoms with Gasteiger partial charge in [-0.15, -0.1) is 0 Å². The molecule has 3 aromatic rings. The van der Waals surface area contributed by atoms with E-state index < -0.39 is 38.0 Å². The fraction of sp³-hybridized carbons (Fsp3) is 0.0500. The maximum Gasteiger partial charge on any atom is 0.340 e. The van der Waals surface area contributed by atoms with E-state index in [9.17, 15) is 25.1 Å². The lowest BCUT2D eigenvalue weighted by molar-refractivity contribution is -0.386. The van der Waals surface area contributed by atoms with Crippen LogP contribution in [-0.4, -0.2) is 21.1 Å². The Hall–Kier alpha value is -3.49. The van der Waals surface area contributed by atoms with E-state index in [0.717, 1.165) is 0 Å². The standard InChI is InChI=1S/C20H9Cl2NO7/c21-14-16(23(27)28)13-18(15(22)17(14)25)29-12-7-8(24)5-6-11(12)20(13)10-4-2-1-3-9(10)19(26)30-20/h1-7,24-25H. The van der Waals surface area contributed by atoms with Crippen LogP contribution in [0.2, 0.25) is 10.0 Å². The van der Waals surface area contributed by atoms with Gasteiger partial charge in [-0.1, -0.05) is 41.4 Å². The maximum atomic E-state index is 12.7. The van der Waals surface area contributed by atoms with Gasteiger partial charge in [0.2, 0.25) is 5.60 Å². The van der Waals surface area contributed by atoms with Crippen LogP contribution >= 0.6 is 23.2 Å². The second-order valence-corrected chi connectivity index (χ2v) is 7.44. The fourth-order valence-electron chi connectivity index (χ4n) is 3.97. The zero-order valence-electron chi connectivity index (χ0n) is 14.7. The zero-order chi connectivity index (χ0) is 21.4. The number of hydrogen-bond donors (Lipinski definition) is 2. The van der Waals surface area contributed by atoms with E-state index in [2.05, 4.69) is 0 Å². The number of phenolic OH excluding ortho intramolecular Hbond substituents is 2. The van der Waals surface area contributed by atoms with E-state index in [1.807, 2.05) is 0 Å². The lowest BCUT2D eigenvalue weighted by Gasteiger charge is -2.36. The van der Waals surface area contributed by atoms with Crippen molar-refractivity contribution in [3.8, 4) is 23.0 Å². The minimum absolute atomic E-state index is 0.0462. The fourth-order valence-corrected chi connectivity index (χ4v) is 4.50. The highest BCUT2D eigenvalue weighted by molar-refractivity contribution is 6.39. The summed E-state index contributed by atoms with van der Waals surface area (Å²) in [6.07, 6.45) is 0. The molecule has 0 aliphatic carbocycles. The summed E-state index contributed by atoms with van der Waals surface area (Å²) in [6, 6.07) is 10.4. The third-order valence-electron chi connectivity index (χ3n) is 5.15. The van der Waals surface area contributed by atoms with Crippen LogP contribution in [0.3, 0.4) is 0 Å². The summed E-state index contributed by atoms with van der Waals surface area (Å²) in [5.74, 6) is -1.88. The van der Waals surface area contributed by atoms with Crippen LogP contribution < -0.4 is 4.74 Å². The van der Waals surface area contributed by atoms with Gasteiger partial charge in [0.25, 0.3) is 0 Å². The largest absolute Gasteiger partial charge is 0.508 e. The van der Waals surface area contributed by atoms with E-state index in [1.54, 1.807) is 18.2 Å². The number of nitrogens with zero attached hydrogens (tertiary/aromatic N) is 1. The molecule has 2 heterocycles. The maximum absolute atomic E-state index is 12.7. The number of rotatable bonds is 1. The molecule has 3 aromatic carbocycles. The van der Waals surface area contributed by atoms with Crippen LogP contribution in [-0.2, 0) is 10.3 Å². The molecule has 0 bridgehead atoms. The minimum Gasteiger partial charge on any atom is -0.508 e. The van der Waals surface area contributed by atoms with Crippen molar-refractivity contribution >= 4 is 34.9 Å². The second-order valence-electron chi connectivity index (χ2n) is 6.69. The average molecular weight is 446 g/mol. The van der Waals surface area contributed by atoms with E-state index in [0.29, 0.717) is 5.56 Å².